The molecule has 3 aromatic rings. The minimum Gasteiger partial charge on any atom is -0.497 e. The lowest BCUT2D eigenvalue weighted by atomic mass is 10.1. The van der Waals surface area contributed by atoms with Crippen LogP contribution in [0.3, 0.4) is 0 Å². The monoisotopic (exact) mass is 442 g/mol. The van der Waals surface area contributed by atoms with E-state index in [0.29, 0.717) is 5.56 Å². The van der Waals surface area contributed by atoms with Crippen LogP contribution in [0.1, 0.15) is 27.0 Å². The minimum absolute atomic E-state index is 0.221. The molecule has 0 saturated carbocycles. The molecule has 0 aliphatic carbocycles. The van der Waals surface area contributed by atoms with E-state index in [9.17, 15) is 4.79 Å². The molecule has 33 heavy (non-hydrogen) atoms. The van der Waals surface area contributed by atoms with Crippen LogP contribution in [-0.2, 0) is 13.1 Å². The minimum atomic E-state index is -0.221. The SMILES string of the molecule is COc1ccc(/C=N\NC(=O)c2ccc(CN3CCN(Cc4ccccc4)CC3)cc2)cc1. The van der Waals surface area contributed by atoms with Crippen LogP contribution >= 0.6 is 0 Å². The number of nitrogens with zero attached hydrogens (tertiary/aromatic N) is 3. The zero-order valence-electron chi connectivity index (χ0n) is 19.0. The summed E-state index contributed by atoms with van der Waals surface area (Å²) in [5.41, 5.74) is 6.65. The summed E-state index contributed by atoms with van der Waals surface area (Å²) in [5.74, 6) is 0.561. The van der Waals surface area contributed by atoms with Crippen LogP contribution < -0.4 is 10.2 Å². The summed E-state index contributed by atoms with van der Waals surface area (Å²) in [6.07, 6.45) is 1.61. The van der Waals surface area contributed by atoms with Gasteiger partial charge in [0.1, 0.15) is 5.75 Å². The molecule has 4 rings (SSSR count). The number of hydrogen-bond acceptors (Lipinski definition) is 5. The molecule has 0 spiro atoms. The average Bonchev–Trinajstić information content (AvgIpc) is 2.87. The fourth-order valence-electron chi connectivity index (χ4n) is 3.89. The third-order valence-corrected chi connectivity index (χ3v) is 5.83. The normalized spacial score (nSPS) is 14.9. The number of nitrogens with one attached hydrogen (secondary N) is 1. The van der Waals surface area contributed by atoms with E-state index < -0.39 is 0 Å². The molecule has 1 aliphatic rings. The lowest BCUT2D eigenvalue weighted by Crippen LogP contribution is -2.45. The number of piperazine rings is 1. The van der Waals surface area contributed by atoms with Gasteiger partial charge in [0.15, 0.2) is 0 Å². The average molecular weight is 443 g/mol. The maximum absolute atomic E-state index is 12.4. The first-order valence-corrected chi connectivity index (χ1v) is 11.2. The second kappa shape index (κ2) is 11.4. The van der Waals surface area contributed by atoms with Crippen molar-refractivity contribution in [2.45, 2.75) is 13.1 Å². The van der Waals surface area contributed by atoms with Crippen molar-refractivity contribution in [3.8, 4) is 5.75 Å². The number of carbonyl (C=O) groups is 1. The Labute approximate surface area is 195 Å². The Kier molecular flexibility index (Phi) is 7.85. The van der Waals surface area contributed by atoms with E-state index >= 15 is 0 Å². The van der Waals surface area contributed by atoms with Crippen molar-refractivity contribution in [1.82, 2.24) is 15.2 Å². The lowest BCUT2D eigenvalue weighted by Gasteiger charge is -2.34. The second-order valence-corrected chi connectivity index (χ2v) is 8.21. The number of hydrogen-bond donors (Lipinski definition) is 1. The molecule has 3 aromatic carbocycles. The molecular formula is C27H30N4O2. The highest BCUT2D eigenvalue weighted by Crippen LogP contribution is 2.13. The van der Waals surface area contributed by atoms with Gasteiger partial charge in [0.25, 0.3) is 5.91 Å². The highest BCUT2D eigenvalue weighted by atomic mass is 16.5. The maximum atomic E-state index is 12.4. The maximum Gasteiger partial charge on any atom is 0.271 e. The lowest BCUT2D eigenvalue weighted by molar-refractivity contribution is 0.0955. The van der Waals surface area contributed by atoms with E-state index in [-0.39, 0.29) is 5.91 Å². The van der Waals surface area contributed by atoms with E-state index in [4.69, 9.17) is 4.74 Å². The summed E-state index contributed by atoms with van der Waals surface area (Å²) in [5, 5.41) is 4.05. The molecule has 1 N–H and O–H groups in total. The molecule has 0 radical (unpaired) electrons. The van der Waals surface area contributed by atoms with Crippen molar-refractivity contribution in [2.24, 2.45) is 5.10 Å². The van der Waals surface area contributed by atoms with Gasteiger partial charge >= 0.3 is 0 Å². The summed E-state index contributed by atoms with van der Waals surface area (Å²) in [4.78, 5) is 17.3. The Morgan fingerprint density at radius 2 is 1.42 bits per heavy atom. The third kappa shape index (κ3) is 6.75. The van der Waals surface area contributed by atoms with Crippen molar-refractivity contribution in [2.75, 3.05) is 33.3 Å². The van der Waals surface area contributed by atoms with Crippen LogP contribution in [0.4, 0.5) is 0 Å². The number of amides is 1. The number of ether oxygens (including phenoxy) is 1. The Balaban J connectivity index is 1.22. The molecule has 1 aliphatic heterocycles. The molecule has 6 nitrogen and oxygen atoms in total. The van der Waals surface area contributed by atoms with Crippen LogP contribution in [0.5, 0.6) is 5.75 Å². The molecular weight excluding hydrogens is 412 g/mol. The Hall–Kier alpha value is -3.48. The molecule has 1 saturated heterocycles. The number of hydrazone groups is 1. The quantitative estimate of drug-likeness (QED) is 0.426. The van der Waals surface area contributed by atoms with Crippen molar-refractivity contribution in [3.63, 3.8) is 0 Å². The first kappa shape index (κ1) is 22.7. The topological polar surface area (TPSA) is 57.2 Å². The molecule has 1 heterocycles. The zero-order valence-corrected chi connectivity index (χ0v) is 19.0. The summed E-state index contributed by atoms with van der Waals surface area (Å²) < 4.78 is 5.13. The molecule has 1 amide bonds. The number of methoxy groups -OCH3 is 1. The summed E-state index contributed by atoms with van der Waals surface area (Å²) in [7, 11) is 1.63. The summed E-state index contributed by atoms with van der Waals surface area (Å²) >= 11 is 0. The standard InChI is InChI=1S/C27H30N4O2/c1-33-26-13-9-22(10-14-26)19-28-29-27(32)25-11-7-24(8-12-25)21-31-17-15-30(16-18-31)20-23-5-3-2-4-6-23/h2-14,19H,15-18,20-21H2,1H3,(H,29,32)/b28-19-. The number of rotatable bonds is 8. The van der Waals surface area contributed by atoms with Gasteiger partial charge in [-0.3, -0.25) is 14.6 Å². The van der Waals surface area contributed by atoms with Gasteiger partial charge in [0.05, 0.1) is 13.3 Å². The smallest absolute Gasteiger partial charge is 0.271 e. The van der Waals surface area contributed by atoms with Gasteiger partial charge in [-0.05, 0) is 53.1 Å². The molecule has 170 valence electrons. The molecule has 0 bridgehead atoms. The van der Waals surface area contributed by atoms with Crippen molar-refractivity contribution in [3.05, 3.63) is 101 Å². The van der Waals surface area contributed by atoms with E-state index in [1.165, 1.54) is 11.1 Å². The van der Waals surface area contributed by atoms with Gasteiger partial charge < -0.3 is 4.74 Å². The van der Waals surface area contributed by atoms with Crippen LogP contribution in [0, 0.1) is 0 Å². The highest BCUT2D eigenvalue weighted by Gasteiger charge is 2.17. The van der Waals surface area contributed by atoms with E-state index in [1.54, 1.807) is 13.3 Å². The van der Waals surface area contributed by atoms with Gasteiger partial charge in [-0.2, -0.15) is 5.10 Å². The number of benzene rings is 3. The zero-order chi connectivity index (χ0) is 22.9. The molecule has 1 fully saturated rings. The fraction of sp³-hybridized carbons (Fsp3) is 0.259. The Morgan fingerprint density at radius 1 is 0.848 bits per heavy atom. The van der Waals surface area contributed by atoms with Crippen molar-refractivity contribution < 1.29 is 9.53 Å². The predicted molar refractivity (Wildman–Crippen MR) is 131 cm³/mol. The summed E-state index contributed by atoms with van der Waals surface area (Å²) in [6.45, 7) is 6.16. The highest BCUT2D eigenvalue weighted by molar-refractivity contribution is 5.94. The number of carbonyl (C=O) groups excluding carboxylic acids is 1. The second-order valence-electron chi connectivity index (χ2n) is 8.21. The van der Waals surface area contributed by atoms with E-state index in [0.717, 1.165) is 50.6 Å². The van der Waals surface area contributed by atoms with Gasteiger partial charge in [0, 0.05) is 44.8 Å². The van der Waals surface area contributed by atoms with Gasteiger partial charge in [0.2, 0.25) is 0 Å². The first-order chi connectivity index (χ1) is 16.2. The Morgan fingerprint density at radius 3 is 2.00 bits per heavy atom. The van der Waals surface area contributed by atoms with Crippen LogP contribution in [0.15, 0.2) is 84.0 Å². The van der Waals surface area contributed by atoms with Crippen LogP contribution in [0.2, 0.25) is 0 Å². The molecule has 0 atom stereocenters. The van der Waals surface area contributed by atoms with Gasteiger partial charge in [-0.15, -0.1) is 0 Å². The van der Waals surface area contributed by atoms with Crippen molar-refractivity contribution >= 4 is 12.1 Å². The Bertz CT molecular complexity index is 1040. The van der Waals surface area contributed by atoms with E-state index in [1.807, 2.05) is 48.5 Å². The molecule has 0 unspecified atom stereocenters. The fourth-order valence-corrected chi connectivity index (χ4v) is 3.89. The largest absolute Gasteiger partial charge is 0.497 e. The van der Waals surface area contributed by atoms with Gasteiger partial charge in [-0.25, -0.2) is 5.43 Å². The van der Waals surface area contributed by atoms with E-state index in [2.05, 4.69) is 50.7 Å². The van der Waals surface area contributed by atoms with Crippen LogP contribution in [-0.4, -0.2) is 55.2 Å². The molecule has 0 aromatic heterocycles. The first-order valence-electron chi connectivity index (χ1n) is 11.2. The van der Waals surface area contributed by atoms with Gasteiger partial charge in [-0.1, -0.05) is 42.5 Å². The van der Waals surface area contributed by atoms with Crippen molar-refractivity contribution in [1.29, 1.82) is 0 Å². The predicted octanol–water partition coefficient (Wildman–Crippen LogP) is 3.78. The third-order valence-electron chi connectivity index (χ3n) is 5.83. The van der Waals surface area contributed by atoms with Crippen LogP contribution in [0.25, 0.3) is 0 Å². The summed E-state index contributed by atoms with van der Waals surface area (Å²) in [6, 6.07) is 25.9. The molecule has 6 heteroatoms.